The van der Waals surface area contributed by atoms with Crippen molar-refractivity contribution in [1.82, 2.24) is 30.0 Å². The molecule has 0 unspecified atom stereocenters. The molecule has 0 bridgehead atoms. The highest BCUT2D eigenvalue weighted by Gasteiger charge is 2.31. The third-order valence-corrected chi connectivity index (χ3v) is 7.50. The minimum absolute atomic E-state index is 0.0248. The lowest BCUT2D eigenvalue weighted by atomic mass is 9.90. The second-order valence-corrected chi connectivity index (χ2v) is 10.5. The number of nitrogens with one attached hydrogen (secondary N) is 3. The number of nitrogens with zero attached hydrogens (tertiary/aromatic N) is 7. The zero-order valence-electron chi connectivity index (χ0n) is 22.8. The lowest BCUT2D eigenvalue weighted by Crippen LogP contribution is -2.49. The molecule has 2 amide bonds. The van der Waals surface area contributed by atoms with Gasteiger partial charge in [-0.15, -0.1) is 0 Å². The molecule has 1 saturated carbocycles. The predicted octanol–water partition coefficient (Wildman–Crippen LogP) is 3.58. The van der Waals surface area contributed by atoms with Gasteiger partial charge in [0.1, 0.15) is 34.3 Å². The van der Waals surface area contributed by atoms with Gasteiger partial charge in [-0.1, -0.05) is 30.3 Å². The van der Waals surface area contributed by atoms with E-state index < -0.39 is 0 Å². The number of aryl methyl sites for hydroxylation is 1. The van der Waals surface area contributed by atoms with Crippen molar-refractivity contribution in [3.8, 4) is 6.07 Å². The lowest BCUT2D eigenvalue weighted by molar-refractivity contribution is 0.0209. The van der Waals surface area contributed by atoms with Gasteiger partial charge in [0.05, 0.1) is 31.6 Å². The fourth-order valence-electron chi connectivity index (χ4n) is 5.28. The summed E-state index contributed by atoms with van der Waals surface area (Å²) in [5, 5.41) is 23.7. The lowest BCUT2D eigenvalue weighted by Gasteiger charge is -2.36. The number of carbonyl (C=O) groups is 1. The number of anilines is 3. The van der Waals surface area contributed by atoms with Crippen LogP contribution in [-0.4, -0.2) is 62.1 Å². The summed E-state index contributed by atoms with van der Waals surface area (Å²) in [5.41, 5.74) is 2.97. The summed E-state index contributed by atoms with van der Waals surface area (Å²) in [6.45, 7) is 1.63. The largest absolute Gasteiger partial charge is 0.377 e. The van der Waals surface area contributed by atoms with Crippen LogP contribution in [0.1, 0.15) is 36.8 Å². The van der Waals surface area contributed by atoms with E-state index >= 15 is 0 Å². The molecular weight excluding hydrogens is 520 g/mol. The molecule has 0 spiro atoms. The molecule has 12 nitrogen and oxygen atoms in total. The third-order valence-electron chi connectivity index (χ3n) is 7.50. The predicted molar refractivity (Wildman–Crippen MR) is 154 cm³/mol. The van der Waals surface area contributed by atoms with E-state index in [1.165, 1.54) is 0 Å². The molecule has 0 radical (unpaired) electrons. The van der Waals surface area contributed by atoms with Crippen molar-refractivity contribution in [2.75, 3.05) is 28.7 Å². The maximum atomic E-state index is 13.6. The van der Waals surface area contributed by atoms with Crippen LogP contribution in [0.25, 0.3) is 11.0 Å². The zero-order chi connectivity index (χ0) is 28.2. The first-order valence-corrected chi connectivity index (χ1v) is 13.8. The van der Waals surface area contributed by atoms with Gasteiger partial charge in [-0.3, -0.25) is 9.58 Å². The van der Waals surface area contributed by atoms with Crippen molar-refractivity contribution in [3.63, 3.8) is 0 Å². The van der Waals surface area contributed by atoms with E-state index in [9.17, 15) is 10.1 Å². The highest BCUT2D eigenvalue weighted by Crippen LogP contribution is 2.29. The smallest absolute Gasteiger partial charge is 0.323 e. The first-order valence-electron chi connectivity index (χ1n) is 13.8. The van der Waals surface area contributed by atoms with Gasteiger partial charge in [-0.2, -0.15) is 15.3 Å². The Bertz CT molecular complexity index is 1560. The second kappa shape index (κ2) is 11.8. The first-order chi connectivity index (χ1) is 20.1. The normalized spacial score (nSPS) is 18.7. The van der Waals surface area contributed by atoms with Crippen LogP contribution in [0, 0.1) is 11.3 Å². The van der Waals surface area contributed by atoms with Crippen LogP contribution >= 0.6 is 0 Å². The van der Waals surface area contributed by atoms with E-state index in [1.807, 2.05) is 55.7 Å². The molecule has 3 N–H and O–H groups in total. The summed E-state index contributed by atoms with van der Waals surface area (Å²) in [4.78, 5) is 29.2. The van der Waals surface area contributed by atoms with E-state index in [0.717, 1.165) is 42.3 Å². The average Bonchev–Trinajstić information content (AvgIpc) is 3.35. The maximum Gasteiger partial charge on any atom is 0.323 e. The summed E-state index contributed by atoms with van der Waals surface area (Å²) in [6, 6.07) is 15.9. The molecule has 2 fully saturated rings. The first kappa shape index (κ1) is 26.5. The van der Waals surface area contributed by atoms with Gasteiger partial charge >= 0.3 is 6.03 Å². The summed E-state index contributed by atoms with van der Waals surface area (Å²) in [7, 11) is 1.86. The quantitative estimate of drug-likeness (QED) is 0.298. The van der Waals surface area contributed by atoms with Crippen LogP contribution < -0.4 is 20.9 Å². The van der Waals surface area contributed by atoms with E-state index in [0.29, 0.717) is 42.9 Å². The monoisotopic (exact) mass is 552 g/mol. The van der Waals surface area contributed by atoms with Crippen molar-refractivity contribution >= 4 is 34.6 Å². The van der Waals surface area contributed by atoms with Gasteiger partial charge in [-0.25, -0.2) is 14.8 Å². The fraction of sp³-hybridized carbons (Fsp3) is 0.379. The topological polar surface area (TPSA) is 146 Å². The molecular formula is C29H32N10O2. The Morgan fingerprint density at radius 1 is 1.05 bits per heavy atom. The van der Waals surface area contributed by atoms with Crippen molar-refractivity contribution < 1.29 is 9.53 Å². The molecule has 6 rings (SSSR count). The SMILES string of the molecule is Cn1cc2nc(N(C(=O)NCc3ccccc3)[C@H]3CC[C@H](Nc4ncc(C#N)c(NC5COC5)n4)CC3)ccc2n1. The molecule has 4 heterocycles. The fourth-order valence-corrected chi connectivity index (χ4v) is 5.28. The van der Waals surface area contributed by atoms with E-state index in [-0.39, 0.29) is 24.2 Å². The molecule has 1 saturated heterocycles. The zero-order valence-corrected chi connectivity index (χ0v) is 22.8. The Hall–Kier alpha value is -4.76. The number of fused-ring (bicyclic) bond motifs is 1. The molecule has 1 aliphatic carbocycles. The summed E-state index contributed by atoms with van der Waals surface area (Å²) in [5.74, 6) is 1.61. The van der Waals surface area contributed by atoms with Crippen molar-refractivity contribution in [1.29, 1.82) is 5.26 Å². The van der Waals surface area contributed by atoms with Crippen LogP contribution in [0.3, 0.4) is 0 Å². The van der Waals surface area contributed by atoms with Crippen LogP contribution in [0.15, 0.2) is 54.9 Å². The number of rotatable bonds is 8. The van der Waals surface area contributed by atoms with Gasteiger partial charge in [0.15, 0.2) is 0 Å². The van der Waals surface area contributed by atoms with Crippen LogP contribution in [-0.2, 0) is 18.3 Å². The number of pyridine rings is 1. The Kier molecular flexibility index (Phi) is 7.60. The standard InChI is InChI=1S/C29H32N10O2/c1-38-16-25-24(37-38)11-12-26(35-25)39(29(40)32-14-19-5-3-2-4-6-19)23-9-7-21(8-10-23)34-28-31-15-20(13-30)27(36-28)33-22-17-41-18-22/h2-6,11-12,15-16,21-23H,7-10,14,17-18H2,1H3,(H,32,40)(H2,31,33,34,36)/t21-,23-. The highest BCUT2D eigenvalue weighted by atomic mass is 16.5. The number of nitriles is 1. The van der Waals surface area contributed by atoms with E-state index in [1.54, 1.807) is 15.8 Å². The Balaban J connectivity index is 1.15. The minimum Gasteiger partial charge on any atom is -0.377 e. The van der Waals surface area contributed by atoms with Gasteiger partial charge in [0, 0.05) is 25.7 Å². The number of ether oxygens (including phenoxy) is 1. The molecule has 4 aromatic rings. The van der Waals surface area contributed by atoms with Crippen molar-refractivity contribution in [2.45, 2.75) is 50.4 Å². The van der Waals surface area contributed by atoms with Crippen molar-refractivity contribution in [2.24, 2.45) is 7.05 Å². The molecule has 41 heavy (non-hydrogen) atoms. The number of hydrogen-bond donors (Lipinski definition) is 3. The van der Waals surface area contributed by atoms with Gasteiger partial charge in [0.25, 0.3) is 0 Å². The van der Waals surface area contributed by atoms with Gasteiger partial charge in [-0.05, 0) is 43.4 Å². The van der Waals surface area contributed by atoms with Crippen LogP contribution in [0.4, 0.5) is 22.4 Å². The maximum absolute atomic E-state index is 13.6. The third kappa shape index (κ3) is 6.05. The molecule has 1 aliphatic heterocycles. The number of hydrogen-bond acceptors (Lipinski definition) is 9. The van der Waals surface area contributed by atoms with Crippen LogP contribution in [0.2, 0.25) is 0 Å². The number of amides is 2. The molecule has 0 atom stereocenters. The summed E-state index contributed by atoms with van der Waals surface area (Å²) >= 11 is 0. The molecule has 2 aliphatic rings. The highest BCUT2D eigenvalue weighted by molar-refractivity contribution is 5.92. The van der Waals surface area contributed by atoms with Gasteiger partial charge in [0.2, 0.25) is 5.95 Å². The Labute approximate surface area is 237 Å². The number of urea groups is 1. The molecule has 1 aromatic carbocycles. The number of benzene rings is 1. The molecule has 3 aromatic heterocycles. The van der Waals surface area contributed by atoms with E-state index in [2.05, 4.69) is 37.1 Å². The minimum atomic E-state index is -0.174. The summed E-state index contributed by atoms with van der Waals surface area (Å²) < 4.78 is 6.95. The summed E-state index contributed by atoms with van der Waals surface area (Å²) in [6.07, 6.45) is 6.62. The van der Waals surface area contributed by atoms with Crippen molar-refractivity contribution in [3.05, 3.63) is 66.0 Å². The van der Waals surface area contributed by atoms with Gasteiger partial charge < -0.3 is 20.7 Å². The molecule has 210 valence electrons. The second-order valence-electron chi connectivity index (χ2n) is 10.5. The number of aromatic nitrogens is 5. The Morgan fingerprint density at radius 3 is 2.59 bits per heavy atom. The van der Waals surface area contributed by atoms with Crippen LogP contribution in [0.5, 0.6) is 0 Å². The Morgan fingerprint density at radius 2 is 1.85 bits per heavy atom. The molecule has 12 heteroatoms. The van der Waals surface area contributed by atoms with E-state index in [4.69, 9.17) is 9.72 Å². The average molecular weight is 553 g/mol. The number of carbonyl (C=O) groups excluding carboxylic acids is 1.